The Morgan fingerprint density at radius 2 is 1.00 bits per heavy atom. The molecule has 0 fully saturated rings. The molecule has 0 bridgehead atoms. The number of halogens is 2. The smallest absolute Gasteiger partial charge is 0.0706 e. The van der Waals surface area contributed by atoms with E-state index in [1.807, 2.05) is 66.7 Å². The number of pyridine rings is 2. The van der Waals surface area contributed by atoms with Crippen LogP contribution in [0.2, 0.25) is 10.0 Å². The van der Waals surface area contributed by atoms with Crippen molar-refractivity contribution < 1.29 is 0 Å². The highest BCUT2D eigenvalue weighted by Crippen LogP contribution is 2.24. The van der Waals surface area contributed by atoms with Crippen molar-refractivity contribution in [2.24, 2.45) is 0 Å². The molecule has 5 heteroatoms. The number of hydrogen-bond donors (Lipinski definition) is 0. The van der Waals surface area contributed by atoms with Crippen molar-refractivity contribution in [2.75, 3.05) is 0 Å². The summed E-state index contributed by atoms with van der Waals surface area (Å²) < 4.78 is 0. The van der Waals surface area contributed by atoms with Crippen LogP contribution in [0.25, 0.3) is 22.5 Å². The van der Waals surface area contributed by atoms with E-state index in [4.69, 9.17) is 33.2 Å². The van der Waals surface area contributed by atoms with Crippen molar-refractivity contribution in [3.05, 3.63) is 142 Å². The summed E-state index contributed by atoms with van der Waals surface area (Å²) in [6.45, 7) is 2.16. The van der Waals surface area contributed by atoms with Crippen LogP contribution in [0.15, 0.2) is 115 Å². The average Bonchev–Trinajstić information content (AvgIpc) is 2.90. The quantitative estimate of drug-likeness (QED) is 0.210. The van der Waals surface area contributed by atoms with E-state index >= 15 is 0 Å². The van der Waals surface area contributed by atoms with E-state index in [-0.39, 0.29) is 0 Å². The van der Waals surface area contributed by atoms with E-state index in [2.05, 4.69) is 53.4 Å². The molecule has 2 aromatic heterocycles. The van der Waals surface area contributed by atoms with Crippen LogP contribution in [-0.4, -0.2) is 14.9 Å². The Hall–Kier alpha value is -3.50. The minimum absolute atomic E-state index is 0.687. The van der Waals surface area contributed by atoms with Crippen LogP contribution in [0, 0.1) is 0 Å². The van der Waals surface area contributed by atoms with E-state index < -0.39 is 0 Å². The lowest BCUT2D eigenvalue weighted by Gasteiger charge is -2.22. The first-order chi connectivity index (χ1) is 17.6. The van der Waals surface area contributed by atoms with Crippen LogP contribution < -0.4 is 0 Å². The highest BCUT2D eigenvalue weighted by atomic mass is 35.5. The molecular weight excluding hydrogens is 485 g/mol. The van der Waals surface area contributed by atoms with E-state index in [0.29, 0.717) is 23.1 Å². The Labute approximate surface area is 222 Å². The van der Waals surface area contributed by atoms with Gasteiger partial charge in [-0.15, -0.1) is 0 Å². The highest BCUT2D eigenvalue weighted by molar-refractivity contribution is 6.31. The highest BCUT2D eigenvalue weighted by Gasteiger charge is 2.12. The summed E-state index contributed by atoms with van der Waals surface area (Å²) >= 11 is 12.4. The Bertz CT molecular complexity index is 1360. The molecule has 0 amide bonds. The zero-order valence-electron chi connectivity index (χ0n) is 19.7. The molecule has 178 valence electrons. The van der Waals surface area contributed by atoms with Crippen LogP contribution in [0.4, 0.5) is 0 Å². The van der Waals surface area contributed by atoms with Crippen molar-refractivity contribution in [3.8, 4) is 22.5 Å². The third-order valence-electron chi connectivity index (χ3n) is 5.87. The fourth-order valence-corrected chi connectivity index (χ4v) is 4.60. The van der Waals surface area contributed by atoms with Gasteiger partial charge < -0.3 is 0 Å². The summed E-state index contributed by atoms with van der Waals surface area (Å²) in [5.74, 6) is 0. The second-order valence-corrected chi connectivity index (χ2v) is 9.55. The average molecular weight is 510 g/mol. The molecule has 0 saturated heterocycles. The van der Waals surface area contributed by atoms with Gasteiger partial charge >= 0.3 is 0 Å². The summed E-state index contributed by atoms with van der Waals surface area (Å²) in [6.07, 6.45) is 0. The maximum absolute atomic E-state index is 6.21. The SMILES string of the molecule is Clc1cccc(-c2cccc(CN(Cc3ccccc3)Cc3cccc(-c4cccc(Cl)c4)n3)n2)c1. The predicted octanol–water partition coefficient (Wildman–Crippen LogP) is 8.32. The maximum Gasteiger partial charge on any atom is 0.0706 e. The Morgan fingerprint density at radius 3 is 1.50 bits per heavy atom. The predicted molar refractivity (Wildman–Crippen MR) is 149 cm³/mol. The summed E-state index contributed by atoms with van der Waals surface area (Å²) in [5, 5.41) is 1.41. The number of benzene rings is 3. The molecular formula is C31H25Cl2N3. The summed E-state index contributed by atoms with van der Waals surface area (Å²) in [4.78, 5) is 12.3. The van der Waals surface area contributed by atoms with E-state index in [1.54, 1.807) is 0 Å². The van der Waals surface area contributed by atoms with Gasteiger partial charge in [0, 0.05) is 40.8 Å². The van der Waals surface area contributed by atoms with Crippen molar-refractivity contribution in [2.45, 2.75) is 19.6 Å². The molecule has 0 unspecified atom stereocenters. The van der Waals surface area contributed by atoms with Crippen LogP contribution in [0.3, 0.4) is 0 Å². The first kappa shape index (κ1) is 24.2. The third kappa shape index (κ3) is 6.38. The molecule has 3 aromatic carbocycles. The number of nitrogens with zero attached hydrogens (tertiary/aromatic N) is 3. The van der Waals surface area contributed by atoms with Crippen LogP contribution in [0.5, 0.6) is 0 Å². The molecule has 0 saturated carbocycles. The molecule has 36 heavy (non-hydrogen) atoms. The second-order valence-electron chi connectivity index (χ2n) is 8.68. The van der Waals surface area contributed by atoms with Gasteiger partial charge in [0.05, 0.1) is 22.8 Å². The standard InChI is InChI=1S/C31H25Cl2N3/c32-26-12-4-10-24(18-26)30-16-6-14-28(34-30)21-36(20-23-8-2-1-3-9-23)22-29-15-7-17-31(35-29)25-11-5-13-27(33)19-25/h1-19H,20-22H2. The molecule has 0 aliphatic heterocycles. The number of rotatable bonds is 8. The van der Waals surface area contributed by atoms with Crippen LogP contribution >= 0.6 is 23.2 Å². The molecule has 0 atom stereocenters. The largest absolute Gasteiger partial charge is 0.287 e. The third-order valence-corrected chi connectivity index (χ3v) is 6.34. The topological polar surface area (TPSA) is 29.0 Å². The second kappa shape index (κ2) is 11.5. The molecule has 0 spiro atoms. The lowest BCUT2D eigenvalue weighted by molar-refractivity contribution is 0.242. The summed E-state index contributed by atoms with van der Waals surface area (Å²) in [7, 11) is 0. The van der Waals surface area contributed by atoms with Gasteiger partial charge in [-0.05, 0) is 54.1 Å². The normalized spacial score (nSPS) is 11.1. The molecule has 0 aliphatic carbocycles. The lowest BCUT2D eigenvalue weighted by atomic mass is 10.1. The van der Waals surface area contributed by atoms with Crippen molar-refractivity contribution >= 4 is 23.2 Å². The zero-order valence-corrected chi connectivity index (χ0v) is 21.2. The van der Waals surface area contributed by atoms with Crippen molar-refractivity contribution in [1.82, 2.24) is 14.9 Å². The minimum atomic E-state index is 0.687. The molecule has 5 rings (SSSR count). The van der Waals surface area contributed by atoms with Crippen LogP contribution in [0.1, 0.15) is 17.0 Å². The van der Waals surface area contributed by atoms with Gasteiger partial charge in [0.25, 0.3) is 0 Å². The fraction of sp³-hybridized carbons (Fsp3) is 0.0968. The first-order valence-electron chi connectivity index (χ1n) is 11.8. The lowest BCUT2D eigenvalue weighted by Crippen LogP contribution is -2.23. The Morgan fingerprint density at radius 1 is 0.500 bits per heavy atom. The summed E-state index contributed by atoms with van der Waals surface area (Å²) in [6, 6.07) is 38.4. The number of aromatic nitrogens is 2. The molecule has 3 nitrogen and oxygen atoms in total. The van der Waals surface area contributed by atoms with Gasteiger partial charge in [-0.3, -0.25) is 14.9 Å². The fourth-order valence-electron chi connectivity index (χ4n) is 4.22. The molecule has 0 radical (unpaired) electrons. The van der Waals surface area contributed by atoms with Gasteiger partial charge in [-0.2, -0.15) is 0 Å². The van der Waals surface area contributed by atoms with Gasteiger partial charge in [0.15, 0.2) is 0 Å². The monoisotopic (exact) mass is 509 g/mol. The number of hydrogen-bond acceptors (Lipinski definition) is 3. The van der Waals surface area contributed by atoms with Gasteiger partial charge in [-0.25, -0.2) is 0 Å². The zero-order chi connectivity index (χ0) is 24.7. The molecule has 2 heterocycles. The van der Waals surface area contributed by atoms with E-state index in [9.17, 15) is 0 Å². The summed E-state index contributed by atoms with van der Waals surface area (Å²) in [5.41, 5.74) is 7.08. The van der Waals surface area contributed by atoms with Gasteiger partial charge in [-0.1, -0.05) is 89.9 Å². The van der Waals surface area contributed by atoms with E-state index in [1.165, 1.54) is 5.56 Å². The van der Waals surface area contributed by atoms with Crippen molar-refractivity contribution in [3.63, 3.8) is 0 Å². The van der Waals surface area contributed by atoms with E-state index in [0.717, 1.165) is 40.4 Å². The maximum atomic E-state index is 6.21. The Balaban J connectivity index is 1.41. The van der Waals surface area contributed by atoms with Crippen molar-refractivity contribution in [1.29, 1.82) is 0 Å². The van der Waals surface area contributed by atoms with Crippen LogP contribution in [-0.2, 0) is 19.6 Å². The molecule has 0 aliphatic rings. The van der Waals surface area contributed by atoms with Gasteiger partial charge in [0.1, 0.15) is 0 Å². The minimum Gasteiger partial charge on any atom is -0.287 e. The molecule has 0 N–H and O–H groups in total. The van der Waals surface area contributed by atoms with Gasteiger partial charge in [0.2, 0.25) is 0 Å². The Kier molecular flexibility index (Phi) is 7.73. The molecule has 5 aromatic rings. The first-order valence-corrected chi connectivity index (χ1v) is 12.6.